The summed E-state index contributed by atoms with van der Waals surface area (Å²) in [6.45, 7) is 7.88. The van der Waals surface area contributed by atoms with Gasteiger partial charge >= 0.3 is 5.97 Å². The largest absolute Gasteiger partial charge is 0.462 e. The SMILES string of the molecule is CC(=O)O[C@@H]1C[C@]2(C)[C@@H](C(C)=O)CC[C@@H]2[C@@H]2CC[C@H]3CC(=O)CC[C@]3(C)[C@H]21. The second-order valence-electron chi connectivity index (χ2n) is 10.4. The highest BCUT2D eigenvalue weighted by molar-refractivity contribution is 5.80. The molecule has 0 saturated heterocycles. The minimum absolute atomic E-state index is 0.0548. The van der Waals surface area contributed by atoms with Crippen LogP contribution >= 0.6 is 0 Å². The first-order valence-corrected chi connectivity index (χ1v) is 10.9. The highest BCUT2D eigenvalue weighted by atomic mass is 16.5. The molecule has 0 heterocycles. The van der Waals surface area contributed by atoms with Crippen molar-refractivity contribution in [1.82, 2.24) is 0 Å². The third-order valence-electron chi connectivity index (χ3n) is 9.20. The molecular weight excluding hydrogens is 340 g/mol. The van der Waals surface area contributed by atoms with Crippen molar-refractivity contribution in [3.8, 4) is 0 Å². The molecule has 4 aliphatic rings. The summed E-state index contributed by atoms with van der Waals surface area (Å²) in [6, 6.07) is 0. The molecule has 0 N–H and O–H groups in total. The molecule has 0 aliphatic heterocycles. The number of rotatable bonds is 2. The van der Waals surface area contributed by atoms with Gasteiger partial charge in [0.25, 0.3) is 0 Å². The van der Waals surface area contributed by atoms with Gasteiger partial charge in [0.2, 0.25) is 0 Å². The summed E-state index contributed by atoms with van der Waals surface area (Å²) < 4.78 is 5.97. The zero-order valence-electron chi connectivity index (χ0n) is 17.3. The van der Waals surface area contributed by atoms with Crippen molar-refractivity contribution in [2.75, 3.05) is 0 Å². The summed E-state index contributed by atoms with van der Waals surface area (Å²) in [5, 5.41) is 0. The van der Waals surface area contributed by atoms with E-state index in [1.807, 2.05) is 0 Å². The van der Waals surface area contributed by atoms with Crippen LogP contribution in [-0.2, 0) is 19.1 Å². The number of esters is 1. The number of Topliss-reactive ketones (excluding diaryl/α,β-unsaturated/α-hetero) is 2. The van der Waals surface area contributed by atoms with E-state index in [2.05, 4.69) is 13.8 Å². The Labute approximate surface area is 162 Å². The molecule has 4 rings (SSSR count). The van der Waals surface area contributed by atoms with Gasteiger partial charge in [-0.2, -0.15) is 0 Å². The fourth-order valence-corrected chi connectivity index (χ4v) is 8.12. The highest BCUT2D eigenvalue weighted by Gasteiger charge is 2.64. The van der Waals surface area contributed by atoms with Gasteiger partial charge in [0.05, 0.1) is 0 Å². The molecule has 0 amide bonds. The molecule has 0 unspecified atom stereocenters. The van der Waals surface area contributed by atoms with E-state index in [0.717, 1.165) is 38.5 Å². The monoisotopic (exact) mass is 374 g/mol. The fourth-order valence-electron chi connectivity index (χ4n) is 8.12. The summed E-state index contributed by atoms with van der Waals surface area (Å²) in [5.41, 5.74) is 0.0212. The summed E-state index contributed by atoms with van der Waals surface area (Å²) in [6.07, 6.45) is 7.29. The molecule has 4 aliphatic carbocycles. The zero-order chi connectivity index (χ0) is 19.6. The number of carbonyl (C=O) groups excluding carboxylic acids is 3. The van der Waals surface area contributed by atoms with Gasteiger partial charge in [0.15, 0.2) is 0 Å². The maximum absolute atomic E-state index is 12.4. The summed E-state index contributed by atoms with van der Waals surface area (Å²) >= 11 is 0. The lowest BCUT2D eigenvalue weighted by Crippen LogP contribution is -2.60. The normalized spacial score (nSPS) is 49.0. The smallest absolute Gasteiger partial charge is 0.302 e. The van der Waals surface area contributed by atoms with Gasteiger partial charge in [-0.3, -0.25) is 14.4 Å². The predicted molar refractivity (Wildman–Crippen MR) is 102 cm³/mol. The average molecular weight is 375 g/mol. The lowest BCUT2D eigenvalue weighted by atomic mass is 9.44. The van der Waals surface area contributed by atoms with Gasteiger partial charge in [0.1, 0.15) is 17.7 Å². The third kappa shape index (κ3) is 2.81. The molecule has 0 spiro atoms. The van der Waals surface area contributed by atoms with Crippen LogP contribution < -0.4 is 0 Å². The molecule has 0 radical (unpaired) electrons. The molecule has 0 aromatic rings. The zero-order valence-corrected chi connectivity index (χ0v) is 17.3. The van der Waals surface area contributed by atoms with E-state index in [9.17, 15) is 14.4 Å². The van der Waals surface area contributed by atoms with E-state index in [-0.39, 0.29) is 28.8 Å². The van der Waals surface area contributed by atoms with E-state index in [1.54, 1.807) is 6.92 Å². The third-order valence-corrected chi connectivity index (χ3v) is 9.20. The van der Waals surface area contributed by atoms with E-state index in [4.69, 9.17) is 4.74 Å². The van der Waals surface area contributed by atoms with Crippen molar-refractivity contribution in [2.45, 2.75) is 85.2 Å². The molecule has 4 fully saturated rings. The predicted octanol–water partition coefficient (Wildman–Crippen LogP) is 4.35. The first-order valence-electron chi connectivity index (χ1n) is 10.9. The Kier molecular flexibility index (Phi) is 4.55. The van der Waals surface area contributed by atoms with Crippen LogP contribution in [0, 0.1) is 40.4 Å². The average Bonchev–Trinajstić information content (AvgIpc) is 2.91. The van der Waals surface area contributed by atoms with E-state index in [1.165, 1.54) is 6.92 Å². The molecule has 0 aromatic heterocycles. The number of ether oxygens (including phenoxy) is 1. The molecule has 0 aromatic carbocycles. The van der Waals surface area contributed by atoms with Crippen LogP contribution in [0.5, 0.6) is 0 Å². The molecule has 8 atom stereocenters. The van der Waals surface area contributed by atoms with Gasteiger partial charge in [-0.05, 0) is 74.0 Å². The Hall–Kier alpha value is -1.19. The second kappa shape index (κ2) is 6.42. The van der Waals surface area contributed by atoms with Crippen molar-refractivity contribution in [1.29, 1.82) is 0 Å². The molecule has 4 nitrogen and oxygen atoms in total. The van der Waals surface area contributed by atoms with Crippen LogP contribution in [-0.4, -0.2) is 23.6 Å². The Bertz CT molecular complexity index is 669. The van der Waals surface area contributed by atoms with Crippen LogP contribution in [0.25, 0.3) is 0 Å². The maximum Gasteiger partial charge on any atom is 0.302 e. The van der Waals surface area contributed by atoms with E-state index < -0.39 is 0 Å². The number of hydrogen-bond donors (Lipinski definition) is 0. The highest BCUT2D eigenvalue weighted by Crippen LogP contribution is 2.67. The lowest BCUT2D eigenvalue weighted by molar-refractivity contribution is -0.193. The maximum atomic E-state index is 12.4. The quantitative estimate of drug-likeness (QED) is 0.675. The van der Waals surface area contributed by atoms with Crippen molar-refractivity contribution in [2.24, 2.45) is 40.4 Å². The molecule has 150 valence electrons. The van der Waals surface area contributed by atoms with Gasteiger partial charge in [0, 0.05) is 31.6 Å². The summed E-state index contributed by atoms with van der Waals surface area (Å²) in [5.74, 6) is 2.38. The van der Waals surface area contributed by atoms with E-state index in [0.29, 0.717) is 48.1 Å². The van der Waals surface area contributed by atoms with Crippen molar-refractivity contribution < 1.29 is 19.1 Å². The number of fused-ring (bicyclic) bond motifs is 5. The number of carbonyl (C=O) groups is 3. The standard InChI is InChI=1S/C23H34O4/c1-13(24)18-7-8-19-17-6-5-15-11-16(26)9-10-22(15,3)21(17)20(27-14(2)25)12-23(18,19)4/h15,17-21H,5-12H2,1-4H3/t15-,17-,18+,19+,20+,21+,22-,23+/m0/s1. The van der Waals surface area contributed by atoms with Gasteiger partial charge < -0.3 is 4.74 Å². The van der Waals surface area contributed by atoms with Gasteiger partial charge in [-0.15, -0.1) is 0 Å². The minimum Gasteiger partial charge on any atom is -0.462 e. The van der Waals surface area contributed by atoms with Crippen LogP contribution in [0.15, 0.2) is 0 Å². The van der Waals surface area contributed by atoms with Crippen molar-refractivity contribution >= 4 is 17.5 Å². The Morgan fingerprint density at radius 3 is 2.44 bits per heavy atom. The summed E-state index contributed by atoms with van der Waals surface area (Å²) in [4.78, 5) is 36.5. The second-order valence-corrected chi connectivity index (χ2v) is 10.4. The Morgan fingerprint density at radius 2 is 1.78 bits per heavy atom. The van der Waals surface area contributed by atoms with Gasteiger partial charge in [-0.25, -0.2) is 0 Å². The molecular formula is C23H34O4. The lowest BCUT2D eigenvalue weighted by Gasteiger charge is -2.62. The van der Waals surface area contributed by atoms with Crippen molar-refractivity contribution in [3.05, 3.63) is 0 Å². The van der Waals surface area contributed by atoms with E-state index >= 15 is 0 Å². The summed E-state index contributed by atoms with van der Waals surface area (Å²) in [7, 11) is 0. The van der Waals surface area contributed by atoms with Gasteiger partial charge in [-0.1, -0.05) is 13.8 Å². The minimum atomic E-state index is -0.212. The van der Waals surface area contributed by atoms with Crippen molar-refractivity contribution in [3.63, 3.8) is 0 Å². The molecule has 4 saturated carbocycles. The molecule has 27 heavy (non-hydrogen) atoms. The molecule has 4 heteroatoms. The first-order chi connectivity index (χ1) is 12.7. The number of ketones is 2. The van der Waals surface area contributed by atoms with Crippen LogP contribution in [0.4, 0.5) is 0 Å². The number of hydrogen-bond acceptors (Lipinski definition) is 4. The first kappa shape index (κ1) is 19.1. The fraction of sp³-hybridized carbons (Fsp3) is 0.870. The Balaban J connectivity index is 1.73. The molecule has 0 bridgehead atoms. The Morgan fingerprint density at radius 1 is 1.04 bits per heavy atom. The van der Waals surface area contributed by atoms with Crippen LogP contribution in [0.3, 0.4) is 0 Å². The van der Waals surface area contributed by atoms with Crippen LogP contribution in [0.1, 0.15) is 79.1 Å². The topological polar surface area (TPSA) is 60.4 Å². The van der Waals surface area contributed by atoms with Crippen LogP contribution in [0.2, 0.25) is 0 Å².